The fourth-order valence-corrected chi connectivity index (χ4v) is 5.07. The molecule has 2 aromatic rings. The predicted octanol–water partition coefficient (Wildman–Crippen LogP) is 3.46. The number of benzene rings is 2. The topological polar surface area (TPSA) is 0 Å². The van der Waals surface area contributed by atoms with Gasteiger partial charge in [-0.3, -0.25) is 0 Å². The molecule has 2 aromatic carbocycles. The van der Waals surface area contributed by atoms with Crippen LogP contribution in [0, 0.1) is 0 Å². The van der Waals surface area contributed by atoms with Gasteiger partial charge in [0, 0.05) is 0 Å². The van der Waals surface area contributed by atoms with Crippen molar-refractivity contribution in [1.29, 1.82) is 0 Å². The SMILES string of the molecule is C1=Cc2ccccc2C(c2ccccc2)[Te]1. The Hall–Kier alpha value is -1.03. The molecule has 1 heteroatoms. The molecule has 0 fully saturated rings. The van der Waals surface area contributed by atoms with Crippen LogP contribution < -0.4 is 0 Å². The number of hydrogen-bond acceptors (Lipinski definition) is 0. The zero-order chi connectivity index (χ0) is 10.8. The van der Waals surface area contributed by atoms with Gasteiger partial charge in [0.05, 0.1) is 0 Å². The van der Waals surface area contributed by atoms with Gasteiger partial charge < -0.3 is 0 Å². The van der Waals surface area contributed by atoms with E-state index in [1.54, 1.807) is 0 Å². The third-order valence-electron chi connectivity index (χ3n) is 2.84. The van der Waals surface area contributed by atoms with E-state index < -0.39 is 0 Å². The maximum absolute atomic E-state index is 2.41. The van der Waals surface area contributed by atoms with Gasteiger partial charge in [0.25, 0.3) is 0 Å². The molecule has 1 heterocycles. The molecule has 0 aromatic heterocycles. The first-order valence-electron chi connectivity index (χ1n) is 5.41. The molecule has 16 heavy (non-hydrogen) atoms. The maximum atomic E-state index is 2.41. The zero-order valence-corrected chi connectivity index (χ0v) is 11.2. The van der Waals surface area contributed by atoms with Crippen molar-refractivity contribution in [2.24, 2.45) is 0 Å². The third kappa shape index (κ3) is 1.82. The molecule has 0 nitrogen and oxygen atoms in total. The minimum absolute atomic E-state index is 0.0833. The van der Waals surface area contributed by atoms with Crippen LogP contribution in [0.25, 0.3) is 6.08 Å². The fourth-order valence-electron chi connectivity index (χ4n) is 2.05. The molecule has 0 spiro atoms. The first-order chi connectivity index (χ1) is 7.95. The van der Waals surface area contributed by atoms with Crippen molar-refractivity contribution < 1.29 is 0 Å². The van der Waals surface area contributed by atoms with Gasteiger partial charge in [0.2, 0.25) is 0 Å². The van der Waals surface area contributed by atoms with Gasteiger partial charge >= 0.3 is 106 Å². The minimum atomic E-state index is -0.0833. The first-order valence-corrected chi connectivity index (χ1v) is 8.10. The van der Waals surface area contributed by atoms with Gasteiger partial charge in [-0.05, 0) is 0 Å². The van der Waals surface area contributed by atoms with Gasteiger partial charge in [0.15, 0.2) is 0 Å². The van der Waals surface area contributed by atoms with E-state index in [1.807, 2.05) is 0 Å². The van der Waals surface area contributed by atoms with Crippen molar-refractivity contribution in [3.63, 3.8) is 0 Å². The van der Waals surface area contributed by atoms with E-state index in [0.29, 0.717) is 3.97 Å². The molecule has 0 bridgehead atoms. The van der Waals surface area contributed by atoms with Gasteiger partial charge in [-0.25, -0.2) is 0 Å². The molecule has 3 rings (SSSR count). The Morgan fingerprint density at radius 1 is 0.812 bits per heavy atom. The second-order valence-electron chi connectivity index (χ2n) is 3.86. The van der Waals surface area contributed by atoms with Crippen LogP contribution in [0.4, 0.5) is 0 Å². The van der Waals surface area contributed by atoms with Crippen LogP contribution >= 0.6 is 0 Å². The summed E-state index contributed by atoms with van der Waals surface area (Å²) in [4.78, 5) is 0. The Labute approximate surface area is 106 Å². The van der Waals surface area contributed by atoms with Gasteiger partial charge in [-0.2, -0.15) is 0 Å². The summed E-state index contributed by atoms with van der Waals surface area (Å²) in [6, 6.07) is 19.7. The summed E-state index contributed by atoms with van der Waals surface area (Å²) in [5.41, 5.74) is 4.38. The molecule has 1 aliphatic rings. The number of fused-ring (bicyclic) bond motifs is 1. The number of rotatable bonds is 1. The van der Waals surface area contributed by atoms with Crippen molar-refractivity contribution >= 4 is 27.0 Å². The fraction of sp³-hybridized carbons (Fsp3) is 0.0667. The monoisotopic (exact) mass is 322 g/mol. The van der Waals surface area contributed by atoms with Crippen molar-refractivity contribution in [2.45, 2.75) is 3.97 Å². The first kappa shape index (κ1) is 10.1. The summed E-state index contributed by atoms with van der Waals surface area (Å²) in [6.45, 7) is 0. The second-order valence-corrected chi connectivity index (χ2v) is 6.76. The molecule has 0 saturated carbocycles. The molecule has 0 radical (unpaired) electrons. The van der Waals surface area contributed by atoms with Crippen LogP contribution in [0.3, 0.4) is 0 Å². The Balaban J connectivity index is 2.09. The summed E-state index contributed by atoms with van der Waals surface area (Å²) >= 11 is -0.0833. The molecule has 1 atom stereocenters. The second kappa shape index (κ2) is 4.45. The Morgan fingerprint density at radius 3 is 2.44 bits per heavy atom. The molecule has 0 amide bonds. The molecular formula is C15H12Te. The molecule has 0 aliphatic carbocycles. The van der Waals surface area contributed by atoms with Crippen LogP contribution in [0.5, 0.6) is 0 Å². The van der Waals surface area contributed by atoms with Crippen LogP contribution in [0.15, 0.2) is 58.7 Å². The summed E-state index contributed by atoms with van der Waals surface area (Å²) in [5, 5.41) is 0. The van der Waals surface area contributed by atoms with Gasteiger partial charge in [-0.1, -0.05) is 0 Å². The van der Waals surface area contributed by atoms with E-state index in [2.05, 4.69) is 64.8 Å². The van der Waals surface area contributed by atoms with Crippen LogP contribution in [0.1, 0.15) is 20.7 Å². The Kier molecular flexibility index (Phi) is 2.82. The van der Waals surface area contributed by atoms with Crippen molar-refractivity contribution in [2.75, 3.05) is 0 Å². The normalized spacial score (nSPS) is 18.1. The standard InChI is InChI=1S/C15H12Te/c1-2-7-13(8-3-1)15-14-9-5-4-6-12(14)10-11-16-15/h1-11,15H. The predicted molar refractivity (Wildman–Crippen MR) is 69.5 cm³/mol. The van der Waals surface area contributed by atoms with Crippen molar-refractivity contribution in [3.8, 4) is 0 Å². The quantitative estimate of drug-likeness (QED) is 0.706. The van der Waals surface area contributed by atoms with E-state index in [0.717, 1.165) is 0 Å². The molecule has 78 valence electrons. The molecule has 0 N–H and O–H groups in total. The average Bonchev–Trinajstić information content (AvgIpc) is 2.39. The summed E-state index contributed by atoms with van der Waals surface area (Å²) in [6.07, 6.45) is 2.29. The van der Waals surface area contributed by atoms with E-state index in [4.69, 9.17) is 0 Å². The van der Waals surface area contributed by atoms with Gasteiger partial charge in [0.1, 0.15) is 0 Å². The van der Waals surface area contributed by atoms with E-state index in [-0.39, 0.29) is 20.9 Å². The molecule has 1 unspecified atom stereocenters. The Bertz CT molecular complexity index is 514. The summed E-state index contributed by atoms with van der Waals surface area (Å²) in [5.74, 6) is 0. The van der Waals surface area contributed by atoms with Crippen LogP contribution in [0.2, 0.25) is 0 Å². The summed E-state index contributed by atoms with van der Waals surface area (Å²) in [7, 11) is 0. The van der Waals surface area contributed by atoms with E-state index >= 15 is 0 Å². The Morgan fingerprint density at radius 2 is 1.56 bits per heavy atom. The molecule has 0 saturated heterocycles. The van der Waals surface area contributed by atoms with E-state index in [1.165, 1.54) is 16.7 Å². The third-order valence-corrected chi connectivity index (χ3v) is 5.96. The van der Waals surface area contributed by atoms with Crippen LogP contribution in [-0.2, 0) is 0 Å². The zero-order valence-electron chi connectivity index (χ0n) is 8.84. The van der Waals surface area contributed by atoms with Crippen molar-refractivity contribution in [3.05, 3.63) is 75.4 Å². The average molecular weight is 320 g/mol. The van der Waals surface area contributed by atoms with Gasteiger partial charge in [-0.15, -0.1) is 0 Å². The van der Waals surface area contributed by atoms with Crippen LogP contribution in [-0.4, -0.2) is 20.9 Å². The van der Waals surface area contributed by atoms with Crippen molar-refractivity contribution in [1.82, 2.24) is 0 Å². The molecule has 1 aliphatic heterocycles. The molecular weight excluding hydrogens is 308 g/mol. The number of hydrogen-bond donors (Lipinski definition) is 0. The van der Waals surface area contributed by atoms with E-state index in [9.17, 15) is 0 Å². The summed E-state index contributed by atoms with van der Waals surface area (Å²) < 4.78 is 3.07.